The average Bonchev–Trinajstić information content (AvgIpc) is 2.56. The first kappa shape index (κ1) is 11.5. The first-order valence-electron chi connectivity index (χ1n) is 6.14. The Morgan fingerprint density at radius 3 is 3.06 bits per heavy atom. The summed E-state index contributed by atoms with van der Waals surface area (Å²) in [5, 5.41) is 11.4. The molecule has 90 valence electrons. The van der Waals surface area contributed by atoms with Crippen LogP contribution in [0.2, 0.25) is 0 Å². The lowest BCUT2D eigenvalue weighted by molar-refractivity contribution is 0.310. The number of aryl methyl sites for hydroxylation is 2. The van der Waals surface area contributed by atoms with Crippen LogP contribution in [0, 0.1) is 12.8 Å². The molecule has 1 fully saturated rings. The number of nitrogens with zero attached hydrogens (tertiary/aromatic N) is 2. The second-order valence-corrected chi connectivity index (χ2v) is 4.86. The molecule has 4 heteroatoms. The Kier molecular flexibility index (Phi) is 3.49. The minimum absolute atomic E-state index is 0.587. The lowest BCUT2D eigenvalue weighted by atomic mass is 9.93. The molecule has 1 aromatic rings. The van der Waals surface area contributed by atoms with Gasteiger partial charge in [0.1, 0.15) is 5.82 Å². The van der Waals surface area contributed by atoms with Crippen molar-refractivity contribution in [1.29, 1.82) is 0 Å². The van der Waals surface area contributed by atoms with E-state index in [1.165, 1.54) is 12.8 Å². The van der Waals surface area contributed by atoms with Gasteiger partial charge in [0.15, 0.2) is 0 Å². The highest BCUT2D eigenvalue weighted by atomic mass is 15.3. The fourth-order valence-electron chi connectivity index (χ4n) is 2.38. The Hall–Kier alpha value is -1.03. The molecule has 1 saturated heterocycles. The van der Waals surface area contributed by atoms with E-state index in [-0.39, 0.29) is 0 Å². The van der Waals surface area contributed by atoms with Crippen LogP contribution in [0.3, 0.4) is 0 Å². The van der Waals surface area contributed by atoms with Crippen LogP contribution in [0.4, 0.5) is 5.82 Å². The summed E-state index contributed by atoms with van der Waals surface area (Å²) in [6.07, 6.45) is 2.65. The molecule has 2 N–H and O–H groups in total. The van der Waals surface area contributed by atoms with Crippen molar-refractivity contribution in [2.24, 2.45) is 13.0 Å². The van der Waals surface area contributed by atoms with Gasteiger partial charge in [0.25, 0.3) is 0 Å². The summed E-state index contributed by atoms with van der Waals surface area (Å²) in [5.74, 6) is 1.87. The Labute approximate surface area is 97.4 Å². The molecule has 1 aromatic heterocycles. The fraction of sp³-hybridized carbons (Fsp3) is 0.750. The lowest BCUT2D eigenvalue weighted by Crippen LogP contribution is -2.44. The Morgan fingerprint density at radius 2 is 2.44 bits per heavy atom. The predicted molar refractivity (Wildman–Crippen MR) is 66.6 cm³/mol. The van der Waals surface area contributed by atoms with E-state index >= 15 is 0 Å². The number of anilines is 1. The van der Waals surface area contributed by atoms with Crippen molar-refractivity contribution in [2.45, 2.75) is 32.7 Å². The topological polar surface area (TPSA) is 41.9 Å². The summed E-state index contributed by atoms with van der Waals surface area (Å²) in [6, 6.07) is 2.68. The lowest BCUT2D eigenvalue weighted by Gasteiger charge is -2.30. The molecular formula is C12H22N4. The van der Waals surface area contributed by atoms with Gasteiger partial charge >= 0.3 is 0 Å². The van der Waals surface area contributed by atoms with Crippen molar-refractivity contribution in [3.63, 3.8) is 0 Å². The molecule has 4 nitrogen and oxygen atoms in total. The number of hydrogen-bond donors (Lipinski definition) is 2. The van der Waals surface area contributed by atoms with E-state index in [9.17, 15) is 0 Å². The van der Waals surface area contributed by atoms with E-state index < -0.39 is 0 Å². The third-order valence-electron chi connectivity index (χ3n) is 3.43. The first-order chi connectivity index (χ1) is 7.66. The van der Waals surface area contributed by atoms with Gasteiger partial charge in [0.2, 0.25) is 0 Å². The molecule has 2 unspecified atom stereocenters. The van der Waals surface area contributed by atoms with Crippen molar-refractivity contribution >= 4 is 5.82 Å². The molecule has 0 saturated carbocycles. The maximum atomic E-state index is 4.33. The minimum Gasteiger partial charge on any atom is -0.369 e. The third-order valence-corrected chi connectivity index (χ3v) is 3.43. The summed E-state index contributed by atoms with van der Waals surface area (Å²) in [7, 11) is 1.98. The molecule has 0 amide bonds. The van der Waals surface area contributed by atoms with E-state index in [0.29, 0.717) is 6.04 Å². The smallest absolute Gasteiger partial charge is 0.124 e. The molecule has 0 spiro atoms. The Morgan fingerprint density at radius 1 is 1.62 bits per heavy atom. The van der Waals surface area contributed by atoms with E-state index in [4.69, 9.17) is 0 Å². The number of aromatic nitrogens is 2. The van der Waals surface area contributed by atoms with Crippen LogP contribution in [0.25, 0.3) is 0 Å². The zero-order chi connectivity index (χ0) is 11.5. The summed E-state index contributed by atoms with van der Waals surface area (Å²) in [4.78, 5) is 0. The molecular weight excluding hydrogens is 200 g/mol. The van der Waals surface area contributed by atoms with E-state index in [2.05, 4.69) is 28.7 Å². The SMILES string of the molecule is Cc1cc(NCC2NCCCC2C)n(C)n1. The molecule has 0 radical (unpaired) electrons. The third kappa shape index (κ3) is 2.55. The zero-order valence-electron chi connectivity index (χ0n) is 10.5. The zero-order valence-corrected chi connectivity index (χ0v) is 10.5. The van der Waals surface area contributed by atoms with Gasteiger partial charge in [-0.2, -0.15) is 5.10 Å². The number of hydrogen-bond acceptors (Lipinski definition) is 3. The van der Waals surface area contributed by atoms with Crippen molar-refractivity contribution in [3.05, 3.63) is 11.8 Å². The van der Waals surface area contributed by atoms with Gasteiger partial charge in [-0.3, -0.25) is 4.68 Å². The van der Waals surface area contributed by atoms with E-state index in [1.54, 1.807) is 0 Å². The van der Waals surface area contributed by atoms with Crippen molar-refractivity contribution < 1.29 is 0 Å². The maximum Gasteiger partial charge on any atom is 0.124 e. The van der Waals surface area contributed by atoms with E-state index in [0.717, 1.165) is 30.5 Å². The van der Waals surface area contributed by atoms with E-state index in [1.807, 2.05) is 18.7 Å². The van der Waals surface area contributed by atoms with Gasteiger partial charge in [-0.05, 0) is 32.2 Å². The van der Waals surface area contributed by atoms with Crippen molar-refractivity contribution in [1.82, 2.24) is 15.1 Å². The van der Waals surface area contributed by atoms with Crippen LogP contribution in [0.5, 0.6) is 0 Å². The second-order valence-electron chi connectivity index (χ2n) is 4.86. The summed E-state index contributed by atoms with van der Waals surface area (Å²) in [5.41, 5.74) is 1.06. The number of nitrogens with one attached hydrogen (secondary N) is 2. The van der Waals surface area contributed by atoms with Gasteiger partial charge in [0.05, 0.1) is 5.69 Å². The minimum atomic E-state index is 0.587. The van der Waals surface area contributed by atoms with Crippen LogP contribution < -0.4 is 10.6 Å². The normalized spacial score (nSPS) is 25.7. The second kappa shape index (κ2) is 4.87. The molecule has 2 rings (SSSR count). The largest absolute Gasteiger partial charge is 0.369 e. The first-order valence-corrected chi connectivity index (χ1v) is 6.14. The Balaban J connectivity index is 1.89. The Bertz CT molecular complexity index is 345. The van der Waals surface area contributed by atoms with Crippen LogP contribution in [-0.2, 0) is 7.05 Å². The van der Waals surface area contributed by atoms with Crippen LogP contribution in [-0.4, -0.2) is 28.9 Å². The van der Waals surface area contributed by atoms with Gasteiger partial charge in [-0.1, -0.05) is 6.92 Å². The average molecular weight is 222 g/mol. The molecule has 0 aromatic carbocycles. The summed E-state index contributed by atoms with van der Waals surface area (Å²) < 4.78 is 1.91. The maximum absolute atomic E-state index is 4.33. The monoisotopic (exact) mass is 222 g/mol. The van der Waals surface area contributed by atoms with Crippen LogP contribution >= 0.6 is 0 Å². The number of rotatable bonds is 3. The van der Waals surface area contributed by atoms with Gasteiger partial charge in [-0.25, -0.2) is 0 Å². The number of piperidine rings is 1. The van der Waals surface area contributed by atoms with Crippen LogP contribution in [0.1, 0.15) is 25.5 Å². The molecule has 1 aliphatic heterocycles. The molecule has 0 bridgehead atoms. The summed E-state index contributed by atoms with van der Waals surface area (Å²) >= 11 is 0. The van der Waals surface area contributed by atoms with Gasteiger partial charge in [0, 0.05) is 25.7 Å². The highest BCUT2D eigenvalue weighted by Gasteiger charge is 2.20. The van der Waals surface area contributed by atoms with Gasteiger partial charge in [-0.15, -0.1) is 0 Å². The predicted octanol–water partition coefficient (Wildman–Crippen LogP) is 1.53. The highest BCUT2D eigenvalue weighted by molar-refractivity contribution is 5.36. The molecule has 2 heterocycles. The molecule has 0 aliphatic carbocycles. The fourth-order valence-corrected chi connectivity index (χ4v) is 2.38. The molecule has 16 heavy (non-hydrogen) atoms. The highest BCUT2D eigenvalue weighted by Crippen LogP contribution is 2.16. The van der Waals surface area contributed by atoms with Crippen LogP contribution in [0.15, 0.2) is 6.07 Å². The van der Waals surface area contributed by atoms with Crippen molar-refractivity contribution in [2.75, 3.05) is 18.4 Å². The quantitative estimate of drug-likeness (QED) is 0.815. The van der Waals surface area contributed by atoms with Crippen molar-refractivity contribution in [3.8, 4) is 0 Å². The molecule has 1 aliphatic rings. The summed E-state index contributed by atoms with van der Waals surface area (Å²) in [6.45, 7) is 6.49. The molecule has 2 atom stereocenters. The standard InChI is InChI=1S/C12H22N4/c1-9-5-4-6-13-11(9)8-14-12-7-10(2)15-16(12)3/h7,9,11,13-14H,4-6,8H2,1-3H3. The van der Waals surface area contributed by atoms with Gasteiger partial charge < -0.3 is 10.6 Å².